The van der Waals surface area contributed by atoms with Crippen LogP contribution in [0.2, 0.25) is 0 Å². The van der Waals surface area contributed by atoms with Crippen LogP contribution >= 0.6 is 0 Å². The van der Waals surface area contributed by atoms with E-state index in [4.69, 9.17) is 4.52 Å². The van der Waals surface area contributed by atoms with Gasteiger partial charge >= 0.3 is 0 Å². The molecule has 0 radical (unpaired) electrons. The van der Waals surface area contributed by atoms with Gasteiger partial charge in [0.05, 0.1) is 0 Å². The van der Waals surface area contributed by atoms with Crippen molar-refractivity contribution in [3.05, 3.63) is 48.4 Å². The molecule has 1 N–H and O–H groups in total. The summed E-state index contributed by atoms with van der Waals surface area (Å²) in [7, 11) is 0. The Kier molecular flexibility index (Phi) is 3.16. The van der Waals surface area contributed by atoms with E-state index in [-0.39, 0.29) is 0 Å². The van der Waals surface area contributed by atoms with Gasteiger partial charge in [0.25, 0.3) is 0 Å². The molecule has 4 heteroatoms. The van der Waals surface area contributed by atoms with E-state index in [0.717, 1.165) is 36.4 Å². The Hall–Kier alpha value is -2.20. The van der Waals surface area contributed by atoms with Gasteiger partial charge in [0.15, 0.2) is 0 Å². The summed E-state index contributed by atoms with van der Waals surface area (Å²) < 4.78 is 5.44. The normalized spacial score (nSPS) is 18.4. The lowest BCUT2D eigenvalue weighted by molar-refractivity contribution is 0.358. The SMILES string of the molecule is c1ccc2c(-c3noc(C[C@H]4CCNC4)n3)cccc2c1. The number of rotatable bonds is 3. The highest BCUT2D eigenvalue weighted by Crippen LogP contribution is 2.27. The van der Waals surface area contributed by atoms with E-state index < -0.39 is 0 Å². The van der Waals surface area contributed by atoms with Crippen molar-refractivity contribution in [3.63, 3.8) is 0 Å². The lowest BCUT2D eigenvalue weighted by Gasteiger charge is -2.02. The molecule has 0 bridgehead atoms. The van der Waals surface area contributed by atoms with Crippen LogP contribution < -0.4 is 5.32 Å². The van der Waals surface area contributed by atoms with E-state index in [9.17, 15) is 0 Å². The lowest BCUT2D eigenvalue weighted by Crippen LogP contribution is -2.10. The van der Waals surface area contributed by atoms with Gasteiger partial charge in [0.1, 0.15) is 0 Å². The van der Waals surface area contributed by atoms with Crippen LogP contribution in [0.25, 0.3) is 22.2 Å². The topological polar surface area (TPSA) is 51.0 Å². The van der Waals surface area contributed by atoms with Crippen LogP contribution in [0.15, 0.2) is 47.0 Å². The van der Waals surface area contributed by atoms with E-state index in [0.29, 0.717) is 11.7 Å². The molecule has 0 spiro atoms. The maximum absolute atomic E-state index is 5.44. The average Bonchev–Trinajstić information content (AvgIpc) is 3.19. The van der Waals surface area contributed by atoms with Gasteiger partial charge in [-0.1, -0.05) is 47.6 Å². The van der Waals surface area contributed by atoms with Crippen molar-refractivity contribution in [2.75, 3.05) is 13.1 Å². The second-order valence-corrected chi connectivity index (χ2v) is 5.60. The number of benzene rings is 2. The molecule has 21 heavy (non-hydrogen) atoms. The Morgan fingerprint density at radius 1 is 1.14 bits per heavy atom. The summed E-state index contributed by atoms with van der Waals surface area (Å²) in [5.41, 5.74) is 1.03. The Morgan fingerprint density at radius 2 is 2.05 bits per heavy atom. The molecule has 3 aromatic rings. The van der Waals surface area contributed by atoms with Crippen molar-refractivity contribution in [1.29, 1.82) is 0 Å². The molecule has 4 nitrogen and oxygen atoms in total. The summed E-state index contributed by atoms with van der Waals surface area (Å²) in [6.07, 6.45) is 2.05. The van der Waals surface area contributed by atoms with Crippen LogP contribution in [0.5, 0.6) is 0 Å². The Balaban J connectivity index is 1.67. The predicted molar refractivity (Wildman–Crippen MR) is 81.9 cm³/mol. The minimum Gasteiger partial charge on any atom is -0.339 e. The maximum Gasteiger partial charge on any atom is 0.227 e. The van der Waals surface area contributed by atoms with Gasteiger partial charge in [0, 0.05) is 12.0 Å². The third-order valence-electron chi connectivity index (χ3n) is 4.12. The van der Waals surface area contributed by atoms with Crippen LogP contribution in [0, 0.1) is 5.92 Å². The Labute approximate surface area is 123 Å². The zero-order chi connectivity index (χ0) is 14.1. The van der Waals surface area contributed by atoms with Crippen LogP contribution in [0.1, 0.15) is 12.3 Å². The summed E-state index contributed by atoms with van der Waals surface area (Å²) in [5.74, 6) is 2.05. The first kappa shape index (κ1) is 12.5. The lowest BCUT2D eigenvalue weighted by atomic mass is 10.0. The minimum atomic E-state index is 0.616. The molecule has 0 unspecified atom stereocenters. The number of nitrogens with zero attached hydrogens (tertiary/aromatic N) is 2. The standard InChI is InChI=1S/C17H17N3O/c1-2-6-14-13(4-1)5-3-7-15(14)17-19-16(21-20-17)10-12-8-9-18-11-12/h1-7,12,18H,8-11H2/t12-/m1/s1. The number of hydrogen-bond donors (Lipinski definition) is 1. The minimum absolute atomic E-state index is 0.616. The van der Waals surface area contributed by atoms with Crippen LogP contribution in [0.3, 0.4) is 0 Å². The molecule has 1 atom stereocenters. The fourth-order valence-electron chi connectivity index (χ4n) is 3.00. The Morgan fingerprint density at radius 3 is 2.95 bits per heavy atom. The predicted octanol–water partition coefficient (Wildman–Crippen LogP) is 3.04. The highest BCUT2D eigenvalue weighted by Gasteiger charge is 2.19. The van der Waals surface area contributed by atoms with Gasteiger partial charge in [0.2, 0.25) is 11.7 Å². The number of hydrogen-bond acceptors (Lipinski definition) is 4. The molecule has 1 aliphatic heterocycles. The summed E-state index contributed by atoms with van der Waals surface area (Å²) >= 11 is 0. The van der Waals surface area contributed by atoms with Crippen molar-refractivity contribution in [3.8, 4) is 11.4 Å². The van der Waals surface area contributed by atoms with Gasteiger partial charge < -0.3 is 9.84 Å². The first-order valence-electron chi connectivity index (χ1n) is 7.41. The van der Waals surface area contributed by atoms with E-state index in [2.05, 4.69) is 33.7 Å². The van der Waals surface area contributed by atoms with Gasteiger partial charge in [-0.25, -0.2) is 0 Å². The zero-order valence-corrected chi connectivity index (χ0v) is 11.7. The highest BCUT2D eigenvalue weighted by molar-refractivity contribution is 5.94. The maximum atomic E-state index is 5.44. The van der Waals surface area contributed by atoms with Crippen molar-refractivity contribution in [2.24, 2.45) is 5.92 Å². The molecule has 1 saturated heterocycles. The quantitative estimate of drug-likeness (QED) is 0.800. The highest BCUT2D eigenvalue weighted by atomic mass is 16.5. The number of nitrogens with one attached hydrogen (secondary N) is 1. The van der Waals surface area contributed by atoms with Crippen molar-refractivity contribution in [1.82, 2.24) is 15.5 Å². The summed E-state index contributed by atoms with van der Waals surface area (Å²) in [6, 6.07) is 14.5. The molecule has 2 aromatic carbocycles. The third-order valence-corrected chi connectivity index (χ3v) is 4.12. The summed E-state index contributed by atoms with van der Waals surface area (Å²) in [6.45, 7) is 2.14. The summed E-state index contributed by atoms with van der Waals surface area (Å²) in [4.78, 5) is 4.59. The monoisotopic (exact) mass is 279 g/mol. The fraction of sp³-hybridized carbons (Fsp3) is 0.294. The second kappa shape index (κ2) is 5.30. The molecular weight excluding hydrogens is 262 g/mol. The van der Waals surface area contributed by atoms with Gasteiger partial charge in [-0.05, 0) is 36.2 Å². The van der Waals surface area contributed by atoms with E-state index >= 15 is 0 Å². The first-order chi connectivity index (χ1) is 10.4. The largest absolute Gasteiger partial charge is 0.339 e. The molecule has 1 aliphatic rings. The molecule has 2 heterocycles. The van der Waals surface area contributed by atoms with Crippen molar-refractivity contribution < 1.29 is 4.52 Å². The van der Waals surface area contributed by atoms with Crippen LogP contribution in [-0.4, -0.2) is 23.2 Å². The second-order valence-electron chi connectivity index (χ2n) is 5.60. The van der Waals surface area contributed by atoms with Crippen LogP contribution in [0.4, 0.5) is 0 Å². The molecule has 106 valence electrons. The fourth-order valence-corrected chi connectivity index (χ4v) is 3.00. The zero-order valence-electron chi connectivity index (χ0n) is 11.7. The molecule has 4 rings (SSSR count). The van der Waals surface area contributed by atoms with Gasteiger partial charge in [-0.15, -0.1) is 0 Å². The smallest absolute Gasteiger partial charge is 0.227 e. The van der Waals surface area contributed by atoms with E-state index in [1.54, 1.807) is 0 Å². The van der Waals surface area contributed by atoms with Crippen molar-refractivity contribution in [2.45, 2.75) is 12.8 Å². The van der Waals surface area contributed by atoms with Crippen molar-refractivity contribution >= 4 is 10.8 Å². The average molecular weight is 279 g/mol. The Bertz CT molecular complexity index is 754. The van der Waals surface area contributed by atoms with Gasteiger partial charge in [-0.2, -0.15) is 4.98 Å². The van der Waals surface area contributed by atoms with Gasteiger partial charge in [-0.3, -0.25) is 0 Å². The summed E-state index contributed by atoms with van der Waals surface area (Å²) in [5, 5.41) is 9.90. The number of aromatic nitrogens is 2. The third kappa shape index (κ3) is 2.43. The van der Waals surface area contributed by atoms with Crippen LogP contribution in [-0.2, 0) is 6.42 Å². The first-order valence-corrected chi connectivity index (χ1v) is 7.41. The number of fused-ring (bicyclic) bond motifs is 1. The van der Waals surface area contributed by atoms with E-state index in [1.165, 1.54) is 11.8 Å². The molecule has 1 aromatic heterocycles. The molecule has 0 amide bonds. The molecule has 1 fully saturated rings. The molecule has 0 saturated carbocycles. The molecular formula is C17H17N3O. The molecule has 0 aliphatic carbocycles. The van der Waals surface area contributed by atoms with E-state index in [1.807, 2.05) is 24.3 Å².